The standard InChI is InChI=1S/C69H143N5O16Si7/c1-25-80-69(79)63-56(74-51(24)76)61(88-95(38-14,39-15)40-16)58(85-92(29-5,30-6)31-7)53(82-63)48-72-68(78)66-65(90-97(44-20,45-21)46-22)64(89-96(41-17,42-18)43-19)59(86-93(32-8,33-9)34-10)54(83-66)49-71-67(77)62-55(73-50(23)75)60(87-94(35-11,36-12)37-13)57(52(47-70)81-62)84-91(26-2,27-3)28-4/h52-66H,25-49,70H2,1-24H3,(H,71,77)(H,72,78)(H,73,75)(H,74,76)/t52-,53-,54-,55-,56-,57-,58-,59-,60-,61-,62-,63-,64+,65-,66-/m1/s1. The zero-order valence-electron chi connectivity index (χ0n) is 65.4. The molecule has 3 aliphatic rings. The van der Waals surface area contributed by atoms with Crippen molar-refractivity contribution >= 4 is 87.8 Å². The summed E-state index contributed by atoms with van der Waals surface area (Å²) in [6.07, 6.45) is -12.4. The molecule has 15 atom stereocenters. The highest BCUT2D eigenvalue weighted by Gasteiger charge is 2.60. The Bertz CT molecular complexity index is 2290. The largest absolute Gasteiger partial charge is 0.464 e. The number of hydrogen-bond acceptors (Lipinski definition) is 17. The van der Waals surface area contributed by atoms with Crippen LogP contribution in [0.25, 0.3) is 0 Å². The number of nitrogens with one attached hydrogen (secondary N) is 4. The number of rotatable bonds is 46. The number of nitrogens with two attached hydrogens (primary N) is 1. The Morgan fingerprint density at radius 3 is 0.845 bits per heavy atom. The van der Waals surface area contributed by atoms with Crippen molar-refractivity contribution in [3.8, 4) is 0 Å². The Kier molecular flexibility index (Phi) is 38.6. The Labute approximate surface area is 596 Å². The van der Waals surface area contributed by atoms with E-state index in [0.29, 0.717) is 0 Å². The van der Waals surface area contributed by atoms with Gasteiger partial charge >= 0.3 is 5.97 Å². The summed E-state index contributed by atoms with van der Waals surface area (Å²) in [7, 11) is -18.0. The quantitative estimate of drug-likeness (QED) is 0.0280. The van der Waals surface area contributed by atoms with Gasteiger partial charge in [0.2, 0.25) is 11.8 Å². The highest BCUT2D eigenvalue weighted by molar-refractivity contribution is 6.76. The molecule has 3 fully saturated rings. The first-order chi connectivity index (χ1) is 46.1. The maximum Gasteiger partial charge on any atom is 0.337 e. The van der Waals surface area contributed by atoms with Crippen LogP contribution in [0, 0.1) is 0 Å². The van der Waals surface area contributed by atoms with Gasteiger partial charge in [-0.2, -0.15) is 0 Å². The van der Waals surface area contributed by atoms with Crippen LogP contribution in [0.15, 0.2) is 0 Å². The molecule has 0 aromatic rings. The molecule has 0 unspecified atom stereocenters. The second-order valence-corrected chi connectivity index (χ2v) is 61.1. The van der Waals surface area contributed by atoms with E-state index in [2.05, 4.69) is 167 Å². The van der Waals surface area contributed by atoms with Gasteiger partial charge in [-0.05, 0) is 134 Å². The first-order valence-corrected chi connectivity index (χ1v) is 56.5. The predicted octanol–water partition coefficient (Wildman–Crippen LogP) is 12.8. The van der Waals surface area contributed by atoms with Crippen molar-refractivity contribution < 1.29 is 73.9 Å². The average Bonchev–Trinajstić information content (AvgIpc) is 0.437. The van der Waals surface area contributed by atoms with Gasteiger partial charge in [-0.1, -0.05) is 145 Å². The number of esters is 1. The van der Waals surface area contributed by atoms with E-state index in [-0.39, 0.29) is 38.1 Å². The molecule has 3 aliphatic heterocycles. The number of carbonyl (C=O) groups is 5. The third-order valence-corrected chi connectivity index (χ3v) is 56.7. The van der Waals surface area contributed by atoms with Gasteiger partial charge in [-0.25, -0.2) is 4.79 Å². The number of carbonyl (C=O) groups excluding carboxylic acids is 5. The lowest BCUT2D eigenvalue weighted by Gasteiger charge is -2.53. The van der Waals surface area contributed by atoms with Crippen molar-refractivity contribution in [2.24, 2.45) is 5.73 Å². The fourth-order valence-corrected chi connectivity index (χ4v) is 35.5. The lowest BCUT2D eigenvalue weighted by atomic mass is 9.91. The minimum Gasteiger partial charge on any atom is -0.464 e. The summed E-state index contributed by atoms with van der Waals surface area (Å²) in [6, 6.07) is 14.9. The van der Waals surface area contributed by atoms with Gasteiger partial charge in [-0.3, -0.25) is 19.2 Å². The van der Waals surface area contributed by atoms with Crippen molar-refractivity contribution in [1.82, 2.24) is 21.3 Å². The monoisotopic (exact) mass is 1490 g/mol. The number of amides is 4. The van der Waals surface area contributed by atoms with Gasteiger partial charge in [0, 0.05) is 33.5 Å². The van der Waals surface area contributed by atoms with Crippen LogP contribution in [0.3, 0.4) is 0 Å². The molecule has 0 saturated carbocycles. The van der Waals surface area contributed by atoms with Gasteiger partial charge < -0.3 is 76.9 Å². The predicted molar refractivity (Wildman–Crippen MR) is 407 cm³/mol. The molecule has 0 radical (unpaired) electrons. The van der Waals surface area contributed by atoms with Crippen LogP contribution in [-0.2, 0) is 73.9 Å². The fraction of sp³-hybridized carbons (Fsp3) is 0.928. The van der Waals surface area contributed by atoms with Gasteiger partial charge in [0.1, 0.15) is 36.6 Å². The van der Waals surface area contributed by atoms with E-state index < -0.39 is 167 Å². The molecular weight excluding hydrogens is 1350 g/mol. The second-order valence-electron chi connectivity index (χ2n) is 28.0. The van der Waals surface area contributed by atoms with Crippen LogP contribution in [0.4, 0.5) is 0 Å². The van der Waals surface area contributed by atoms with Crippen LogP contribution in [0.1, 0.15) is 166 Å². The molecule has 21 nitrogen and oxygen atoms in total. The minimum atomic E-state index is -2.68. The minimum absolute atomic E-state index is 0.0391. The van der Waals surface area contributed by atoms with E-state index in [4.69, 9.17) is 55.7 Å². The zero-order chi connectivity index (χ0) is 73.3. The molecule has 0 spiro atoms. The molecule has 0 aliphatic carbocycles. The molecule has 0 aromatic heterocycles. The fourth-order valence-electron chi connectivity index (χ4n) is 15.6. The van der Waals surface area contributed by atoms with Crippen molar-refractivity contribution in [1.29, 1.82) is 0 Å². The van der Waals surface area contributed by atoms with Crippen molar-refractivity contribution in [2.75, 3.05) is 26.2 Å². The highest BCUT2D eigenvalue weighted by atomic mass is 28.4. The van der Waals surface area contributed by atoms with Crippen LogP contribution < -0.4 is 27.0 Å². The van der Waals surface area contributed by atoms with Gasteiger partial charge in [0.05, 0.1) is 43.1 Å². The molecule has 97 heavy (non-hydrogen) atoms. The Morgan fingerprint density at radius 2 is 0.557 bits per heavy atom. The molecule has 4 amide bonds. The van der Waals surface area contributed by atoms with E-state index in [1.54, 1.807) is 6.92 Å². The first kappa shape index (κ1) is 89.6. The first-order valence-electron chi connectivity index (χ1n) is 38.8. The zero-order valence-corrected chi connectivity index (χ0v) is 72.4. The summed E-state index contributed by atoms with van der Waals surface area (Å²) in [6.45, 7) is 50.0. The number of ether oxygens (including phenoxy) is 4. The van der Waals surface area contributed by atoms with Crippen molar-refractivity contribution in [3.05, 3.63) is 0 Å². The molecule has 568 valence electrons. The molecule has 3 heterocycles. The van der Waals surface area contributed by atoms with E-state index in [9.17, 15) is 14.4 Å². The summed E-state index contributed by atoms with van der Waals surface area (Å²) in [5, 5.41) is 12.9. The third-order valence-electron chi connectivity index (χ3n) is 24.2. The van der Waals surface area contributed by atoms with E-state index in [1.165, 1.54) is 13.8 Å². The summed E-state index contributed by atoms with van der Waals surface area (Å²) in [4.78, 5) is 73.7. The summed E-state index contributed by atoms with van der Waals surface area (Å²) in [5.74, 6) is -2.37. The van der Waals surface area contributed by atoms with Crippen LogP contribution in [0.5, 0.6) is 0 Å². The van der Waals surface area contributed by atoms with Gasteiger partial charge in [0.25, 0.3) is 11.8 Å². The molecule has 6 N–H and O–H groups in total. The van der Waals surface area contributed by atoms with E-state index >= 15 is 9.59 Å². The molecule has 3 rings (SSSR count). The maximum absolute atomic E-state index is 16.4. The average molecular weight is 1500 g/mol. The lowest BCUT2D eigenvalue weighted by Crippen LogP contribution is -2.72. The summed E-state index contributed by atoms with van der Waals surface area (Å²) in [5.41, 5.74) is 6.74. The molecule has 0 bridgehead atoms. The second kappa shape index (κ2) is 41.8. The third kappa shape index (κ3) is 22.0. The molecular formula is C69H143N5O16Si7. The SMILES string of the molecule is CCOC(=O)[C@@H]1O[C@H](CNC(=O)[C@@H]2O[C@H](CNC(=O)[C@@H]3O[C@H](CN)[C@@H](O[Si](CC)(CC)CC)[C@H](O[Si](CC)(CC)CC)[C@H]3NC(C)=O)[C@@H](O[Si](CC)(CC)CC)[C@H](O[Si](CC)(CC)CC)[C@H]2O[Si](CC)(CC)CC)[C@@H](O[Si](CC)(CC)CC)[C@H](O[Si](CC)(CC)CC)[C@H]1NC(C)=O. The number of hydrogen-bond donors (Lipinski definition) is 5. The summed E-state index contributed by atoms with van der Waals surface area (Å²) >= 11 is 0. The van der Waals surface area contributed by atoms with Gasteiger partial charge in [-0.15, -0.1) is 0 Å². The maximum atomic E-state index is 16.4. The smallest absolute Gasteiger partial charge is 0.337 e. The van der Waals surface area contributed by atoms with Gasteiger partial charge in [0.15, 0.2) is 76.5 Å². The lowest BCUT2D eigenvalue weighted by molar-refractivity contribution is -0.210. The topological polar surface area (TPSA) is 261 Å². The van der Waals surface area contributed by atoms with Crippen molar-refractivity contribution in [2.45, 2.75) is 385 Å². The molecule has 28 heteroatoms. The van der Waals surface area contributed by atoms with Crippen LogP contribution >= 0.6 is 0 Å². The van der Waals surface area contributed by atoms with Crippen LogP contribution in [0.2, 0.25) is 127 Å². The normalized spacial score (nSPS) is 27.1. The Hall–Kier alpha value is -1.57. The Balaban J connectivity index is 2.54. The highest BCUT2D eigenvalue weighted by Crippen LogP contribution is 2.42. The molecule has 3 saturated heterocycles. The van der Waals surface area contributed by atoms with E-state index in [1.807, 2.05) is 0 Å². The van der Waals surface area contributed by atoms with E-state index in [0.717, 1.165) is 127 Å². The van der Waals surface area contributed by atoms with Crippen molar-refractivity contribution in [3.63, 3.8) is 0 Å². The summed E-state index contributed by atoms with van der Waals surface area (Å²) < 4.78 is 80.7. The van der Waals surface area contributed by atoms with Crippen LogP contribution in [-0.4, -0.2) is 205 Å². The molecule has 0 aromatic carbocycles. The Morgan fingerprint density at radius 1 is 0.320 bits per heavy atom.